The Kier molecular flexibility index (Phi) is 5.90. The summed E-state index contributed by atoms with van der Waals surface area (Å²) in [6.45, 7) is 2.68. The van der Waals surface area contributed by atoms with Crippen LogP contribution in [0.3, 0.4) is 0 Å². The normalized spacial score (nSPS) is 9.12. The van der Waals surface area contributed by atoms with Gasteiger partial charge in [0.25, 0.3) is 0 Å². The summed E-state index contributed by atoms with van der Waals surface area (Å²) in [6, 6.07) is 7.91. The van der Waals surface area contributed by atoms with Gasteiger partial charge in [-0.1, -0.05) is 0 Å². The molecule has 1 rings (SSSR count). The monoisotopic (exact) mass is 253 g/mol. The van der Waals surface area contributed by atoms with Gasteiger partial charge in [-0.3, -0.25) is 0 Å². The van der Waals surface area contributed by atoms with E-state index in [9.17, 15) is 0 Å². The number of ether oxygens (including phenoxy) is 1. The molecule has 0 saturated carbocycles. The molecule has 1 aromatic carbocycles. The Morgan fingerprint density at radius 1 is 1.44 bits per heavy atom. The Labute approximate surface area is 105 Å². The molecule has 0 atom stereocenters. The van der Waals surface area contributed by atoms with Crippen molar-refractivity contribution in [3.05, 3.63) is 29.8 Å². The van der Waals surface area contributed by atoms with Crippen LogP contribution < -0.4 is 10.1 Å². The summed E-state index contributed by atoms with van der Waals surface area (Å²) < 4.78 is 6.28. The maximum absolute atomic E-state index is 5.29. The molecular weight excluding hydrogens is 238 g/mol. The van der Waals surface area contributed by atoms with E-state index < -0.39 is 0 Å². The molecule has 16 heavy (non-hydrogen) atoms. The fourth-order valence-electron chi connectivity index (χ4n) is 1.29. The first-order chi connectivity index (χ1) is 7.79. The van der Waals surface area contributed by atoms with Crippen LogP contribution in [0.4, 0.5) is 0 Å². The fraction of sp³-hybridized carbons (Fsp3) is 0.308. The van der Waals surface area contributed by atoms with Gasteiger partial charge in [-0.15, -0.1) is 0 Å². The van der Waals surface area contributed by atoms with Crippen molar-refractivity contribution in [2.45, 2.75) is 13.3 Å². The number of para-hydroxylation sites is 1. The third-order valence-corrected chi connectivity index (χ3v) is 2.63. The van der Waals surface area contributed by atoms with Crippen LogP contribution in [0.1, 0.15) is 18.9 Å². The molecule has 0 fully saturated rings. The van der Waals surface area contributed by atoms with E-state index >= 15 is 0 Å². The number of hydrogen-bond acceptors (Lipinski definition) is 2. The average molecular weight is 253 g/mol. The van der Waals surface area contributed by atoms with Gasteiger partial charge in [0.2, 0.25) is 0 Å². The quantitative estimate of drug-likeness (QED) is 0.637. The van der Waals surface area contributed by atoms with Crippen LogP contribution in [0.25, 0.3) is 0 Å². The van der Waals surface area contributed by atoms with Crippen molar-refractivity contribution in [1.82, 2.24) is 5.32 Å². The first kappa shape index (κ1) is 13.0. The molecule has 1 aromatic rings. The van der Waals surface area contributed by atoms with Gasteiger partial charge in [0.1, 0.15) is 0 Å². The van der Waals surface area contributed by atoms with Crippen molar-refractivity contribution < 1.29 is 20.6 Å². The van der Waals surface area contributed by atoms with E-state index in [1.54, 1.807) is 7.11 Å². The van der Waals surface area contributed by atoms with Crippen LogP contribution in [-0.2, 0) is 15.9 Å². The van der Waals surface area contributed by atoms with Crippen molar-refractivity contribution in [2.75, 3.05) is 13.7 Å². The summed E-state index contributed by atoms with van der Waals surface area (Å²) in [5.74, 6) is 6.75. The van der Waals surface area contributed by atoms with Crippen molar-refractivity contribution in [3.8, 4) is 17.6 Å². The first-order valence-corrected chi connectivity index (χ1v) is 5.74. The van der Waals surface area contributed by atoms with Gasteiger partial charge < -0.3 is 0 Å². The zero-order chi connectivity index (χ0) is 11.8. The molecule has 0 unspecified atom stereocenters. The van der Waals surface area contributed by atoms with Crippen LogP contribution in [0.5, 0.6) is 5.75 Å². The molecule has 0 aliphatic carbocycles. The summed E-state index contributed by atoms with van der Waals surface area (Å²) in [5.41, 5.74) is 1.05. The molecule has 1 N–H and O–H groups in total. The molecule has 0 saturated heterocycles. The average Bonchev–Trinajstić information content (AvgIpc) is 2.34. The van der Waals surface area contributed by atoms with Crippen molar-refractivity contribution in [2.24, 2.45) is 0 Å². The van der Waals surface area contributed by atoms with E-state index in [0.29, 0.717) is 0 Å². The molecule has 0 heterocycles. The van der Waals surface area contributed by atoms with Gasteiger partial charge >= 0.3 is 105 Å². The first-order valence-electron chi connectivity index (χ1n) is 5.10. The Balaban J connectivity index is 2.61. The maximum atomic E-state index is 5.29. The fourth-order valence-corrected chi connectivity index (χ4v) is 1.71. The molecule has 0 spiro atoms. The number of hydrogen-bond donors (Lipinski definition) is 1. The number of methoxy groups -OCH3 is 1. The van der Waals surface area contributed by atoms with Gasteiger partial charge in [-0.2, -0.15) is 0 Å². The number of benzene rings is 1. The Bertz CT molecular complexity index is 417. The Hall–Kier alpha value is -1.06. The van der Waals surface area contributed by atoms with Gasteiger partial charge in [0.15, 0.2) is 0 Å². The minimum atomic E-state index is 0.835. The van der Waals surface area contributed by atoms with E-state index in [1.807, 2.05) is 31.2 Å². The van der Waals surface area contributed by atoms with Gasteiger partial charge in [0, 0.05) is 0 Å². The molecule has 0 bridgehead atoms. The number of rotatable bonds is 5. The van der Waals surface area contributed by atoms with E-state index in [1.165, 1.54) is 0 Å². The molecule has 84 valence electrons. The summed E-state index contributed by atoms with van der Waals surface area (Å²) >= 11 is 3.02. The summed E-state index contributed by atoms with van der Waals surface area (Å²) in [6.07, 6.45) is 0.844. The third-order valence-electron chi connectivity index (χ3n) is 2.06. The zero-order valence-electron chi connectivity index (χ0n) is 9.54. The van der Waals surface area contributed by atoms with Crippen LogP contribution in [0.15, 0.2) is 24.3 Å². The van der Waals surface area contributed by atoms with Crippen molar-refractivity contribution in [1.29, 1.82) is 0 Å². The SMILES string of the molecule is CC#CCCN[C](=[Cr])c1ccccc1OC. The van der Waals surface area contributed by atoms with Gasteiger partial charge in [-0.05, 0) is 0 Å². The topological polar surface area (TPSA) is 21.3 Å². The molecule has 0 aromatic heterocycles. The molecular formula is C13H15CrNO. The predicted octanol–water partition coefficient (Wildman–Crippen LogP) is 1.72. The van der Waals surface area contributed by atoms with E-state index in [2.05, 4.69) is 33.0 Å². The summed E-state index contributed by atoms with van der Waals surface area (Å²) in [5, 5.41) is 3.29. The van der Waals surface area contributed by atoms with Crippen LogP contribution in [0.2, 0.25) is 0 Å². The van der Waals surface area contributed by atoms with Crippen LogP contribution >= 0.6 is 0 Å². The van der Waals surface area contributed by atoms with E-state index in [4.69, 9.17) is 4.74 Å². The Morgan fingerprint density at radius 2 is 2.19 bits per heavy atom. The summed E-state index contributed by atoms with van der Waals surface area (Å²) in [7, 11) is 1.68. The second kappa shape index (κ2) is 7.25. The molecule has 0 radical (unpaired) electrons. The standard InChI is InChI=1S/C13H15NO.Cr/c1-3-4-7-10-14-11-12-8-5-6-9-13(12)15-2;/h5-6,8-9,14H,7,10H2,1-2H3;. The zero-order valence-corrected chi connectivity index (χ0v) is 10.8. The molecule has 0 aliphatic heterocycles. The van der Waals surface area contributed by atoms with E-state index in [0.717, 1.165) is 28.8 Å². The second-order valence-electron chi connectivity index (χ2n) is 3.13. The van der Waals surface area contributed by atoms with Crippen LogP contribution in [0, 0.1) is 11.8 Å². The molecule has 2 nitrogen and oxygen atoms in total. The number of nitrogens with one attached hydrogen (secondary N) is 1. The molecule has 3 heteroatoms. The molecule has 0 aliphatic rings. The van der Waals surface area contributed by atoms with Crippen molar-refractivity contribution in [3.63, 3.8) is 0 Å². The Morgan fingerprint density at radius 3 is 2.88 bits per heavy atom. The second-order valence-corrected chi connectivity index (χ2v) is 3.77. The third kappa shape index (κ3) is 3.83. The van der Waals surface area contributed by atoms with Crippen LogP contribution in [-0.4, -0.2) is 18.2 Å². The van der Waals surface area contributed by atoms with E-state index in [-0.39, 0.29) is 0 Å². The van der Waals surface area contributed by atoms with Gasteiger partial charge in [0.05, 0.1) is 0 Å². The van der Waals surface area contributed by atoms with Gasteiger partial charge in [-0.25, -0.2) is 0 Å². The molecule has 0 amide bonds. The summed E-state index contributed by atoms with van der Waals surface area (Å²) in [4.78, 5) is 0. The van der Waals surface area contributed by atoms with Crippen molar-refractivity contribution >= 4 is 4.50 Å². The predicted molar refractivity (Wildman–Crippen MR) is 63.2 cm³/mol. The minimum absolute atomic E-state index is 0.835.